The zero-order valence-corrected chi connectivity index (χ0v) is 19.2. The van der Waals surface area contributed by atoms with Crippen LogP contribution in [-0.2, 0) is 16.1 Å². The minimum absolute atomic E-state index is 0.145. The number of fused-ring (bicyclic) bond motifs is 1. The van der Waals surface area contributed by atoms with Gasteiger partial charge in [0, 0.05) is 51.1 Å². The van der Waals surface area contributed by atoms with Gasteiger partial charge in [-0.3, -0.25) is 18.9 Å². The molecule has 9 heteroatoms. The van der Waals surface area contributed by atoms with Crippen LogP contribution in [0.4, 0.5) is 0 Å². The van der Waals surface area contributed by atoms with E-state index in [1.54, 1.807) is 24.6 Å². The summed E-state index contributed by atoms with van der Waals surface area (Å²) in [5.74, 6) is 4.45. The number of pyridine rings is 1. The van der Waals surface area contributed by atoms with Crippen molar-refractivity contribution in [3.05, 3.63) is 59.5 Å². The number of benzene rings is 1. The van der Waals surface area contributed by atoms with Gasteiger partial charge in [0.2, 0.25) is 5.82 Å². The molecule has 0 bridgehead atoms. The lowest BCUT2D eigenvalue weighted by atomic mass is 10.1. The lowest BCUT2D eigenvalue weighted by Gasteiger charge is -2.26. The van der Waals surface area contributed by atoms with Crippen molar-refractivity contribution in [3.8, 4) is 23.1 Å². The number of hydrogen-bond donors (Lipinski definition) is 2. The summed E-state index contributed by atoms with van der Waals surface area (Å²) in [7, 11) is 3.11. The highest BCUT2D eigenvalue weighted by Gasteiger charge is 2.18. The number of hydrogen-bond acceptors (Lipinski definition) is 6. The van der Waals surface area contributed by atoms with E-state index in [-0.39, 0.29) is 5.82 Å². The Bertz CT molecular complexity index is 1280. The predicted octanol–water partition coefficient (Wildman–Crippen LogP) is 0.733. The zero-order valence-electron chi connectivity index (χ0n) is 19.2. The Balaban J connectivity index is 1.70. The Labute approximate surface area is 197 Å². The van der Waals surface area contributed by atoms with Crippen molar-refractivity contribution in [2.24, 2.45) is 5.73 Å². The number of likely N-dealkylation sites (N-methyl/N-ethyl adjacent to an activating group) is 1. The molecule has 0 radical (unpaired) electrons. The van der Waals surface area contributed by atoms with E-state index in [0.29, 0.717) is 24.5 Å². The SMILES string of the molecule is CN(C)C(=O)C(O)C#Cc1cccc(-c2nc(C(N)=O)n3ccc(CN4CCOCC4)cc23)c1. The normalized spacial score (nSPS) is 14.9. The number of carbonyl (C=O) groups excluding carboxylic acids is 2. The third kappa shape index (κ3) is 5.10. The van der Waals surface area contributed by atoms with Crippen molar-refractivity contribution in [2.75, 3.05) is 40.4 Å². The summed E-state index contributed by atoms with van der Waals surface area (Å²) >= 11 is 0. The topological polar surface area (TPSA) is 113 Å². The van der Waals surface area contributed by atoms with E-state index in [1.165, 1.54) is 4.90 Å². The summed E-state index contributed by atoms with van der Waals surface area (Å²) in [6, 6.07) is 11.2. The first-order valence-electron chi connectivity index (χ1n) is 11.0. The number of morpholine rings is 1. The van der Waals surface area contributed by atoms with Crippen molar-refractivity contribution >= 4 is 17.3 Å². The lowest BCUT2D eigenvalue weighted by molar-refractivity contribution is -0.134. The number of amides is 2. The summed E-state index contributed by atoms with van der Waals surface area (Å²) in [5, 5.41) is 9.96. The molecule has 1 aliphatic rings. The molecule has 1 unspecified atom stereocenters. The average molecular weight is 462 g/mol. The number of aliphatic hydroxyl groups excluding tert-OH is 1. The van der Waals surface area contributed by atoms with Gasteiger partial charge in [-0.1, -0.05) is 24.0 Å². The highest BCUT2D eigenvalue weighted by Crippen LogP contribution is 2.27. The molecule has 0 aliphatic carbocycles. The van der Waals surface area contributed by atoms with Crippen molar-refractivity contribution in [3.63, 3.8) is 0 Å². The molecule has 2 amide bonds. The van der Waals surface area contributed by atoms with Crippen LogP contribution in [0.15, 0.2) is 42.6 Å². The maximum absolute atomic E-state index is 12.1. The quantitative estimate of drug-likeness (QED) is 0.542. The van der Waals surface area contributed by atoms with Crippen LogP contribution in [0.25, 0.3) is 16.8 Å². The number of carbonyl (C=O) groups is 2. The smallest absolute Gasteiger partial charge is 0.285 e. The van der Waals surface area contributed by atoms with Crippen LogP contribution in [0.3, 0.4) is 0 Å². The maximum Gasteiger partial charge on any atom is 0.285 e. The third-order valence-corrected chi connectivity index (χ3v) is 5.60. The van der Waals surface area contributed by atoms with Gasteiger partial charge in [0.1, 0.15) is 0 Å². The van der Waals surface area contributed by atoms with Gasteiger partial charge in [-0.2, -0.15) is 0 Å². The van der Waals surface area contributed by atoms with Crippen molar-refractivity contribution in [1.29, 1.82) is 0 Å². The van der Waals surface area contributed by atoms with Gasteiger partial charge in [0.25, 0.3) is 11.8 Å². The lowest BCUT2D eigenvalue weighted by Crippen LogP contribution is -2.35. The van der Waals surface area contributed by atoms with E-state index in [2.05, 4.69) is 21.7 Å². The van der Waals surface area contributed by atoms with Crippen molar-refractivity contribution < 1.29 is 19.4 Å². The average Bonchev–Trinajstić information content (AvgIpc) is 3.22. The first-order chi connectivity index (χ1) is 16.3. The molecule has 1 aromatic carbocycles. The van der Waals surface area contributed by atoms with Gasteiger partial charge in [0.15, 0.2) is 6.10 Å². The van der Waals surface area contributed by atoms with Gasteiger partial charge >= 0.3 is 0 Å². The van der Waals surface area contributed by atoms with Crippen LogP contribution in [0.5, 0.6) is 0 Å². The van der Waals surface area contributed by atoms with Gasteiger partial charge in [-0.25, -0.2) is 4.98 Å². The third-order valence-electron chi connectivity index (χ3n) is 5.60. The molecule has 3 N–H and O–H groups in total. The zero-order chi connectivity index (χ0) is 24.2. The maximum atomic E-state index is 12.1. The minimum Gasteiger partial charge on any atom is -0.379 e. The number of ether oxygens (including phenoxy) is 1. The van der Waals surface area contributed by atoms with Crippen LogP contribution in [-0.4, -0.2) is 82.6 Å². The van der Waals surface area contributed by atoms with Crippen LogP contribution in [0.2, 0.25) is 0 Å². The van der Waals surface area contributed by atoms with E-state index in [0.717, 1.165) is 36.3 Å². The second-order valence-electron chi connectivity index (χ2n) is 8.31. The first-order valence-corrected chi connectivity index (χ1v) is 11.0. The van der Waals surface area contributed by atoms with Crippen LogP contribution in [0.1, 0.15) is 21.7 Å². The van der Waals surface area contributed by atoms with E-state index in [4.69, 9.17) is 10.5 Å². The fourth-order valence-electron chi connectivity index (χ4n) is 3.83. The molecule has 3 aromatic rings. The summed E-state index contributed by atoms with van der Waals surface area (Å²) in [6.45, 7) is 3.93. The highest BCUT2D eigenvalue weighted by molar-refractivity contribution is 5.93. The highest BCUT2D eigenvalue weighted by atomic mass is 16.5. The number of aliphatic hydroxyl groups is 1. The van der Waals surface area contributed by atoms with Gasteiger partial charge < -0.3 is 20.5 Å². The summed E-state index contributed by atoms with van der Waals surface area (Å²) in [5.41, 5.74) is 9.39. The minimum atomic E-state index is -1.41. The molecule has 2 aromatic heterocycles. The van der Waals surface area contributed by atoms with Gasteiger partial charge in [0.05, 0.1) is 24.4 Å². The van der Waals surface area contributed by atoms with E-state index in [9.17, 15) is 14.7 Å². The Morgan fingerprint density at radius 3 is 2.71 bits per heavy atom. The van der Waals surface area contributed by atoms with Gasteiger partial charge in [-0.15, -0.1) is 0 Å². The molecule has 1 atom stereocenters. The molecule has 1 fully saturated rings. The van der Waals surface area contributed by atoms with E-state index >= 15 is 0 Å². The number of primary amides is 1. The monoisotopic (exact) mass is 461 g/mol. The number of rotatable bonds is 5. The van der Waals surface area contributed by atoms with Crippen LogP contribution in [0, 0.1) is 11.8 Å². The number of aromatic nitrogens is 2. The molecule has 0 saturated carbocycles. The fraction of sp³-hybridized carbons (Fsp3) is 0.320. The van der Waals surface area contributed by atoms with Crippen LogP contribution >= 0.6 is 0 Å². The molecule has 4 rings (SSSR count). The second-order valence-corrected chi connectivity index (χ2v) is 8.31. The molecule has 1 saturated heterocycles. The van der Waals surface area contributed by atoms with Crippen molar-refractivity contribution in [2.45, 2.75) is 12.6 Å². The number of nitrogens with two attached hydrogens (primary N) is 1. The number of nitrogens with zero attached hydrogens (tertiary/aromatic N) is 4. The largest absolute Gasteiger partial charge is 0.379 e. The van der Waals surface area contributed by atoms with E-state index in [1.807, 2.05) is 36.5 Å². The molecular formula is C25H27N5O4. The molecule has 3 heterocycles. The molecule has 176 valence electrons. The number of imidazole rings is 1. The Morgan fingerprint density at radius 2 is 2.00 bits per heavy atom. The molecule has 1 aliphatic heterocycles. The van der Waals surface area contributed by atoms with Crippen molar-refractivity contribution in [1.82, 2.24) is 19.2 Å². The summed E-state index contributed by atoms with van der Waals surface area (Å²) < 4.78 is 7.12. The summed E-state index contributed by atoms with van der Waals surface area (Å²) in [4.78, 5) is 32.0. The molecule has 34 heavy (non-hydrogen) atoms. The standard InChI is InChI=1S/C25H27N5O4/c1-28(2)25(33)21(31)7-6-17-4-3-5-19(14-17)22-20-15-18(16-29-10-12-34-13-11-29)8-9-30(20)24(27-22)23(26)32/h3-5,8-9,14-15,21,31H,10-13,16H2,1-2H3,(H2,26,32). The van der Waals surface area contributed by atoms with Gasteiger partial charge in [-0.05, 0) is 29.8 Å². The molecular weight excluding hydrogens is 434 g/mol. The Morgan fingerprint density at radius 1 is 1.24 bits per heavy atom. The predicted molar refractivity (Wildman–Crippen MR) is 127 cm³/mol. The Kier molecular flexibility index (Phi) is 6.93. The first kappa shape index (κ1) is 23.4. The van der Waals surface area contributed by atoms with Crippen LogP contribution < -0.4 is 5.73 Å². The summed E-state index contributed by atoms with van der Waals surface area (Å²) in [6.07, 6.45) is 0.408. The Hall–Kier alpha value is -3.71. The van der Waals surface area contributed by atoms with E-state index < -0.39 is 17.9 Å². The molecule has 0 spiro atoms. The fourth-order valence-corrected chi connectivity index (χ4v) is 3.83. The second kappa shape index (κ2) is 10.1. The molecule has 9 nitrogen and oxygen atoms in total.